The summed E-state index contributed by atoms with van der Waals surface area (Å²) in [5, 5.41) is 6.77. The Morgan fingerprint density at radius 1 is 1.42 bits per heavy atom. The summed E-state index contributed by atoms with van der Waals surface area (Å²) in [4.78, 5) is 15.5. The van der Waals surface area contributed by atoms with Gasteiger partial charge in [-0.25, -0.2) is 9.78 Å². The molecule has 98 valence electrons. The summed E-state index contributed by atoms with van der Waals surface area (Å²) in [5.74, 6) is -0.347. The molecule has 2 aromatic rings. The Balaban J connectivity index is 1.97. The van der Waals surface area contributed by atoms with E-state index >= 15 is 0 Å². The number of carbonyl (C=O) groups excluding carboxylic acids is 1. The van der Waals surface area contributed by atoms with Gasteiger partial charge in [0.25, 0.3) is 0 Å². The molecule has 0 aliphatic rings. The van der Waals surface area contributed by atoms with Crippen LogP contribution < -0.4 is 5.43 Å². The number of nitrogens with zero attached hydrogens (tertiary/aromatic N) is 2. The van der Waals surface area contributed by atoms with Crippen molar-refractivity contribution in [3.8, 4) is 0 Å². The average Bonchev–Trinajstić information content (AvgIpc) is 2.84. The normalized spacial score (nSPS) is 10.6. The third kappa shape index (κ3) is 3.62. The number of hydrogen-bond acceptors (Lipinski definition) is 6. The van der Waals surface area contributed by atoms with Crippen molar-refractivity contribution in [2.24, 2.45) is 5.10 Å². The van der Waals surface area contributed by atoms with Crippen LogP contribution in [0.1, 0.15) is 21.6 Å². The lowest BCUT2D eigenvalue weighted by Gasteiger charge is -1.99. The fraction of sp³-hybridized carbons (Fsp3) is 0.154. The highest BCUT2D eigenvalue weighted by Gasteiger charge is 2.03. The van der Waals surface area contributed by atoms with Crippen molar-refractivity contribution in [3.63, 3.8) is 0 Å². The monoisotopic (exact) mass is 275 g/mol. The van der Waals surface area contributed by atoms with Crippen LogP contribution in [-0.2, 0) is 4.74 Å². The lowest BCUT2D eigenvalue weighted by molar-refractivity contribution is 0.0601. The van der Waals surface area contributed by atoms with Crippen molar-refractivity contribution in [2.45, 2.75) is 6.92 Å². The van der Waals surface area contributed by atoms with E-state index < -0.39 is 0 Å². The van der Waals surface area contributed by atoms with Gasteiger partial charge in [-0.15, -0.1) is 11.3 Å². The highest BCUT2D eigenvalue weighted by atomic mass is 32.1. The smallest absolute Gasteiger partial charge is 0.337 e. The fourth-order valence-electron chi connectivity index (χ4n) is 1.39. The van der Waals surface area contributed by atoms with Gasteiger partial charge in [0, 0.05) is 5.38 Å². The minimum absolute atomic E-state index is 0.347. The quantitative estimate of drug-likeness (QED) is 0.529. The summed E-state index contributed by atoms with van der Waals surface area (Å²) in [6, 6.07) is 6.98. The van der Waals surface area contributed by atoms with E-state index in [2.05, 4.69) is 20.2 Å². The number of carbonyl (C=O) groups is 1. The molecule has 0 spiro atoms. The summed E-state index contributed by atoms with van der Waals surface area (Å²) in [6.45, 7) is 1.93. The summed E-state index contributed by atoms with van der Waals surface area (Å²) in [6.07, 6.45) is 1.66. The molecule has 1 heterocycles. The summed E-state index contributed by atoms with van der Waals surface area (Å²) >= 11 is 1.50. The van der Waals surface area contributed by atoms with Gasteiger partial charge in [0.05, 0.1) is 24.6 Å². The first-order chi connectivity index (χ1) is 9.19. The molecule has 2 rings (SSSR count). The molecule has 0 unspecified atom stereocenters. The average molecular weight is 275 g/mol. The highest BCUT2D eigenvalue weighted by Crippen LogP contribution is 2.14. The van der Waals surface area contributed by atoms with Gasteiger partial charge in [-0.2, -0.15) is 5.10 Å². The second-order valence-electron chi connectivity index (χ2n) is 3.78. The van der Waals surface area contributed by atoms with Gasteiger partial charge in [-0.05, 0) is 24.6 Å². The van der Waals surface area contributed by atoms with E-state index in [9.17, 15) is 4.79 Å². The maximum Gasteiger partial charge on any atom is 0.337 e. The molecule has 1 N–H and O–H groups in total. The zero-order valence-corrected chi connectivity index (χ0v) is 11.4. The van der Waals surface area contributed by atoms with Gasteiger partial charge < -0.3 is 4.74 Å². The van der Waals surface area contributed by atoms with Gasteiger partial charge in [0.1, 0.15) is 0 Å². The number of nitrogens with one attached hydrogen (secondary N) is 1. The van der Waals surface area contributed by atoms with Crippen LogP contribution in [0.5, 0.6) is 0 Å². The van der Waals surface area contributed by atoms with Gasteiger partial charge in [0.15, 0.2) is 0 Å². The lowest BCUT2D eigenvalue weighted by atomic mass is 10.1. The van der Waals surface area contributed by atoms with Crippen LogP contribution in [0.3, 0.4) is 0 Å². The Kier molecular flexibility index (Phi) is 4.25. The van der Waals surface area contributed by atoms with E-state index in [0.29, 0.717) is 5.56 Å². The van der Waals surface area contributed by atoms with Crippen LogP contribution in [0.4, 0.5) is 5.13 Å². The minimum atomic E-state index is -0.347. The van der Waals surface area contributed by atoms with E-state index in [1.807, 2.05) is 12.3 Å². The van der Waals surface area contributed by atoms with E-state index in [4.69, 9.17) is 0 Å². The molecular formula is C13H13N3O2S. The number of aryl methyl sites for hydroxylation is 1. The molecule has 5 nitrogen and oxygen atoms in total. The van der Waals surface area contributed by atoms with Gasteiger partial charge in [0.2, 0.25) is 5.13 Å². The summed E-state index contributed by atoms with van der Waals surface area (Å²) < 4.78 is 4.63. The number of hydrazone groups is 1. The number of rotatable bonds is 4. The maximum absolute atomic E-state index is 11.3. The molecule has 0 aliphatic carbocycles. The Hall–Kier alpha value is -2.21. The van der Waals surface area contributed by atoms with Crippen molar-refractivity contribution < 1.29 is 9.53 Å². The molecule has 0 atom stereocenters. The zero-order valence-electron chi connectivity index (χ0n) is 10.6. The molecule has 0 fully saturated rings. The Morgan fingerprint density at radius 3 is 2.74 bits per heavy atom. The molecule has 0 saturated heterocycles. The molecule has 0 amide bonds. The molecule has 0 radical (unpaired) electrons. The van der Waals surface area contributed by atoms with Crippen LogP contribution in [0.2, 0.25) is 0 Å². The van der Waals surface area contributed by atoms with Crippen LogP contribution in [0.25, 0.3) is 0 Å². The SMILES string of the molecule is COC(=O)c1ccc(/C=N/Nc2nc(C)cs2)cc1. The number of methoxy groups -OCH3 is 1. The fourth-order valence-corrected chi connectivity index (χ4v) is 2.03. The highest BCUT2D eigenvalue weighted by molar-refractivity contribution is 7.13. The molecule has 0 saturated carbocycles. The minimum Gasteiger partial charge on any atom is -0.465 e. The van der Waals surface area contributed by atoms with Crippen LogP contribution in [-0.4, -0.2) is 24.3 Å². The first-order valence-corrected chi connectivity index (χ1v) is 6.46. The first kappa shape index (κ1) is 13.2. The van der Waals surface area contributed by atoms with E-state index in [1.165, 1.54) is 18.4 Å². The molecule has 1 aromatic heterocycles. The standard InChI is InChI=1S/C13H13N3O2S/c1-9-8-19-13(15-9)16-14-7-10-3-5-11(6-4-10)12(17)18-2/h3-8H,1-2H3,(H,15,16)/b14-7+. The molecule has 0 aliphatic heterocycles. The number of esters is 1. The van der Waals surface area contributed by atoms with E-state index in [0.717, 1.165) is 16.4 Å². The lowest BCUT2D eigenvalue weighted by Crippen LogP contribution is -2.00. The third-order valence-corrected chi connectivity index (χ3v) is 3.19. The van der Waals surface area contributed by atoms with Gasteiger partial charge in [-0.3, -0.25) is 5.43 Å². The number of thiazole rings is 1. The van der Waals surface area contributed by atoms with Crippen molar-refractivity contribution in [2.75, 3.05) is 12.5 Å². The molecular weight excluding hydrogens is 262 g/mol. The predicted octanol–water partition coefficient (Wildman–Crippen LogP) is 2.68. The van der Waals surface area contributed by atoms with Crippen LogP contribution in [0.15, 0.2) is 34.7 Å². The molecule has 6 heteroatoms. The van der Waals surface area contributed by atoms with Gasteiger partial charge in [-0.1, -0.05) is 12.1 Å². The van der Waals surface area contributed by atoms with E-state index in [-0.39, 0.29) is 5.97 Å². The molecule has 1 aromatic carbocycles. The Labute approximate surface area is 114 Å². The first-order valence-electron chi connectivity index (χ1n) is 5.58. The van der Waals surface area contributed by atoms with Crippen LogP contribution >= 0.6 is 11.3 Å². The molecule has 19 heavy (non-hydrogen) atoms. The number of hydrogen-bond donors (Lipinski definition) is 1. The topological polar surface area (TPSA) is 63.6 Å². The number of aromatic nitrogens is 1. The summed E-state index contributed by atoms with van der Waals surface area (Å²) in [5.41, 5.74) is 5.21. The predicted molar refractivity (Wildman–Crippen MR) is 75.8 cm³/mol. The second kappa shape index (κ2) is 6.10. The third-order valence-electron chi connectivity index (χ3n) is 2.32. The van der Waals surface area contributed by atoms with Crippen LogP contribution in [0, 0.1) is 6.92 Å². The molecule has 0 bridgehead atoms. The second-order valence-corrected chi connectivity index (χ2v) is 4.64. The number of benzene rings is 1. The van der Waals surface area contributed by atoms with Crippen molar-refractivity contribution >= 4 is 28.7 Å². The largest absolute Gasteiger partial charge is 0.465 e. The summed E-state index contributed by atoms with van der Waals surface area (Å²) in [7, 11) is 1.36. The number of anilines is 1. The zero-order chi connectivity index (χ0) is 13.7. The number of ether oxygens (including phenoxy) is 1. The van der Waals surface area contributed by atoms with E-state index in [1.54, 1.807) is 30.5 Å². The Bertz CT molecular complexity index is 590. The maximum atomic E-state index is 11.3. The van der Waals surface area contributed by atoms with Gasteiger partial charge >= 0.3 is 5.97 Å². The van der Waals surface area contributed by atoms with Crippen molar-refractivity contribution in [3.05, 3.63) is 46.5 Å². The Morgan fingerprint density at radius 2 is 2.16 bits per heavy atom. The van der Waals surface area contributed by atoms with Crippen molar-refractivity contribution in [1.82, 2.24) is 4.98 Å². The van der Waals surface area contributed by atoms with Crippen molar-refractivity contribution in [1.29, 1.82) is 0 Å².